The van der Waals surface area contributed by atoms with Gasteiger partial charge in [0.25, 0.3) is 5.56 Å². The number of nitrogens with one attached hydrogen (secondary N) is 3. The van der Waals surface area contributed by atoms with Crippen molar-refractivity contribution in [3.05, 3.63) is 51.9 Å². The first-order valence-electron chi connectivity index (χ1n) is 5.86. The fourth-order valence-electron chi connectivity index (χ4n) is 1.64. The van der Waals surface area contributed by atoms with Crippen molar-refractivity contribution >= 4 is 5.95 Å². The Morgan fingerprint density at radius 1 is 1.40 bits per heavy atom. The molecular formula is C13H13N5O2. The molecule has 0 unspecified atom stereocenters. The topological polar surface area (TPSA) is 114 Å². The molecular weight excluding hydrogens is 258 g/mol. The number of hydrogen-bond acceptors (Lipinski definition) is 6. The predicted molar refractivity (Wildman–Crippen MR) is 72.8 cm³/mol. The molecule has 0 bridgehead atoms. The number of anilines is 1. The van der Waals surface area contributed by atoms with Gasteiger partial charge in [0, 0.05) is 11.8 Å². The van der Waals surface area contributed by atoms with E-state index in [1.54, 1.807) is 19.1 Å². The number of aromatic hydroxyl groups is 1. The van der Waals surface area contributed by atoms with Gasteiger partial charge in [-0.25, -0.2) is 10.4 Å². The molecule has 7 nitrogen and oxygen atoms in total. The Morgan fingerprint density at radius 2 is 2.10 bits per heavy atom. The number of benzene rings is 1. The number of nitrogens with zero attached hydrogens (tertiary/aromatic N) is 2. The number of aryl methyl sites for hydroxylation is 1. The molecule has 0 aliphatic carbocycles. The third-order valence-corrected chi connectivity index (χ3v) is 2.56. The van der Waals surface area contributed by atoms with Crippen LogP contribution in [0.15, 0.2) is 35.1 Å². The molecule has 0 saturated carbocycles. The minimum atomic E-state index is -0.651. The van der Waals surface area contributed by atoms with Crippen molar-refractivity contribution in [3.63, 3.8) is 0 Å². The monoisotopic (exact) mass is 271 g/mol. The molecule has 0 fully saturated rings. The third-order valence-electron chi connectivity index (χ3n) is 2.56. The van der Waals surface area contributed by atoms with Gasteiger partial charge < -0.3 is 5.11 Å². The molecule has 2 aromatic rings. The largest absolute Gasteiger partial charge is 0.508 e. The van der Waals surface area contributed by atoms with Crippen LogP contribution < -0.4 is 16.4 Å². The van der Waals surface area contributed by atoms with Crippen molar-refractivity contribution in [1.82, 2.24) is 15.4 Å². The van der Waals surface area contributed by atoms with E-state index in [0.29, 0.717) is 11.3 Å². The van der Waals surface area contributed by atoms with Gasteiger partial charge in [0.2, 0.25) is 5.95 Å². The Labute approximate surface area is 114 Å². The zero-order valence-corrected chi connectivity index (χ0v) is 10.7. The first-order valence-corrected chi connectivity index (χ1v) is 5.86. The first kappa shape index (κ1) is 13.6. The molecule has 0 saturated heterocycles. The third kappa shape index (κ3) is 3.34. The molecule has 2 rings (SSSR count). The second-order valence-electron chi connectivity index (χ2n) is 4.16. The summed E-state index contributed by atoms with van der Waals surface area (Å²) in [4.78, 5) is 17.8. The number of aromatic amines is 1. The average molecular weight is 271 g/mol. The highest BCUT2D eigenvalue weighted by Gasteiger charge is 2.10. The summed E-state index contributed by atoms with van der Waals surface area (Å²) in [6.45, 7) is 1.70. The summed E-state index contributed by atoms with van der Waals surface area (Å²) in [5, 5.41) is 18.3. The number of H-pyrrole nitrogens is 1. The van der Waals surface area contributed by atoms with E-state index in [0.717, 1.165) is 0 Å². The standard InChI is InChI=1S/C13H13N5O2/c1-8-6-12(20)16-13(15-8)18-17-11(7-14)9-2-4-10(19)5-3-9/h2-6,11,17,19H,1H3,(H2,15,16,18,20)/t11-/m0/s1. The van der Waals surface area contributed by atoms with E-state index in [1.165, 1.54) is 18.2 Å². The molecule has 20 heavy (non-hydrogen) atoms. The van der Waals surface area contributed by atoms with Gasteiger partial charge >= 0.3 is 0 Å². The van der Waals surface area contributed by atoms with E-state index in [4.69, 9.17) is 5.26 Å². The molecule has 102 valence electrons. The van der Waals surface area contributed by atoms with Crippen LogP contribution in [0.3, 0.4) is 0 Å². The molecule has 0 spiro atoms. The SMILES string of the molecule is Cc1cc(=O)[nH]c(NN[C@@H](C#N)c2ccc(O)cc2)n1. The van der Waals surface area contributed by atoms with Crippen LogP contribution in [-0.2, 0) is 0 Å². The Bertz CT molecular complexity index is 687. The van der Waals surface area contributed by atoms with E-state index in [2.05, 4.69) is 26.9 Å². The van der Waals surface area contributed by atoms with Crippen molar-refractivity contribution in [1.29, 1.82) is 5.26 Å². The van der Waals surface area contributed by atoms with Gasteiger partial charge in [0.15, 0.2) is 0 Å². The van der Waals surface area contributed by atoms with Gasteiger partial charge in [-0.3, -0.25) is 15.2 Å². The highest BCUT2D eigenvalue weighted by molar-refractivity contribution is 5.32. The van der Waals surface area contributed by atoms with E-state index < -0.39 is 6.04 Å². The van der Waals surface area contributed by atoms with Crippen molar-refractivity contribution in [2.75, 3.05) is 5.43 Å². The molecule has 1 aromatic carbocycles. The van der Waals surface area contributed by atoms with Crippen LogP contribution in [0, 0.1) is 18.3 Å². The van der Waals surface area contributed by atoms with Crippen LogP contribution >= 0.6 is 0 Å². The lowest BCUT2D eigenvalue weighted by Crippen LogP contribution is -2.28. The minimum Gasteiger partial charge on any atom is -0.508 e. The second kappa shape index (κ2) is 5.86. The number of hydrazine groups is 1. The highest BCUT2D eigenvalue weighted by Crippen LogP contribution is 2.16. The molecule has 0 aliphatic rings. The molecule has 0 aliphatic heterocycles. The number of aromatic nitrogens is 2. The maximum Gasteiger partial charge on any atom is 0.252 e. The van der Waals surface area contributed by atoms with Crippen LogP contribution in [0.5, 0.6) is 5.75 Å². The maximum atomic E-state index is 11.3. The van der Waals surface area contributed by atoms with E-state index >= 15 is 0 Å². The molecule has 0 radical (unpaired) electrons. The van der Waals surface area contributed by atoms with Crippen LogP contribution in [0.25, 0.3) is 0 Å². The van der Waals surface area contributed by atoms with Gasteiger partial charge in [0.1, 0.15) is 11.8 Å². The van der Waals surface area contributed by atoms with E-state index in [9.17, 15) is 9.90 Å². The normalized spacial score (nSPS) is 11.6. The number of hydrogen-bond donors (Lipinski definition) is 4. The summed E-state index contributed by atoms with van der Waals surface area (Å²) < 4.78 is 0. The van der Waals surface area contributed by atoms with Gasteiger partial charge in [0.05, 0.1) is 6.07 Å². The zero-order valence-electron chi connectivity index (χ0n) is 10.7. The summed E-state index contributed by atoms with van der Waals surface area (Å²) >= 11 is 0. The van der Waals surface area contributed by atoms with Gasteiger partial charge in [-0.2, -0.15) is 5.26 Å². The van der Waals surface area contributed by atoms with Crippen LogP contribution in [0.2, 0.25) is 0 Å². The molecule has 4 N–H and O–H groups in total. The number of rotatable bonds is 4. The van der Waals surface area contributed by atoms with Gasteiger partial charge in [-0.05, 0) is 24.6 Å². The zero-order chi connectivity index (χ0) is 14.5. The Kier molecular flexibility index (Phi) is 3.98. The molecule has 7 heteroatoms. The summed E-state index contributed by atoms with van der Waals surface area (Å²) in [6, 6.07) is 9.03. The molecule has 1 atom stereocenters. The Balaban J connectivity index is 2.10. The summed E-state index contributed by atoms with van der Waals surface area (Å²) in [7, 11) is 0. The van der Waals surface area contributed by atoms with E-state index in [1.807, 2.05) is 0 Å². The number of phenols is 1. The molecule has 0 amide bonds. The first-order chi connectivity index (χ1) is 9.58. The predicted octanol–water partition coefficient (Wildman–Crippen LogP) is 0.965. The van der Waals surface area contributed by atoms with Crippen LogP contribution in [-0.4, -0.2) is 15.1 Å². The number of nitriles is 1. The number of phenolic OH excluding ortho intramolecular Hbond substituents is 1. The lowest BCUT2D eigenvalue weighted by molar-refractivity contribution is 0.475. The Hall–Kier alpha value is -2.85. The minimum absolute atomic E-state index is 0.128. The van der Waals surface area contributed by atoms with E-state index in [-0.39, 0.29) is 17.3 Å². The van der Waals surface area contributed by atoms with Crippen molar-refractivity contribution < 1.29 is 5.11 Å². The van der Waals surface area contributed by atoms with Crippen molar-refractivity contribution in [3.8, 4) is 11.8 Å². The Morgan fingerprint density at radius 3 is 2.70 bits per heavy atom. The van der Waals surface area contributed by atoms with Crippen molar-refractivity contribution in [2.24, 2.45) is 0 Å². The van der Waals surface area contributed by atoms with Crippen LogP contribution in [0.4, 0.5) is 5.95 Å². The van der Waals surface area contributed by atoms with Crippen molar-refractivity contribution in [2.45, 2.75) is 13.0 Å². The molecule has 1 aromatic heterocycles. The lowest BCUT2D eigenvalue weighted by atomic mass is 10.1. The van der Waals surface area contributed by atoms with Gasteiger partial charge in [-0.15, -0.1) is 0 Å². The fourth-order valence-corrected chi connectivity index (χ4v) is 1.64. The smallest absolute Gasteiger partial charge is 0.252 e. The average Bonchev–Trinajstić information content (AvgIpc) is 2.40. The summed E-state index contributed by atoms with van der Waals surface area (Å²) in [6.07, 6.45) is 0. The van der Waals surface area contributed by atoms with Crippen LogP contribution in [0.1, 0.15) is 17.3 Å². The fraction of sp³-hybridized carbons (Fsp3) is 0.154. The maximum absolute atomic E-state index is 11.3. The lowest BCUT2D eigenvalue weighted by Gasteiger charge is -2.13. The second-order valence-corrected chi connectivity index (χ2v) is 4.16. The summed E-state index contributed by atoms with van der Waals surface area (Å²) in [5.41, 5.74) is 6.40. The quantitative estimate of drug-likeness (QED) is 0.616. The summed E-state index contributed by atoms with van der Waals surface area (Å²) in [5.74, 6) is 0.358. The highest BCUT2D eigenvalue weighted by atomic mass is 16.3. The van der Waals surface area contributed by atoms with Gasteiger partial charge in [-0.1, -0.05) is 12.1 Å². The molecule has 1 heterocycles.